The number of carbonyl (C=O) groups excluding carboxylic acids is 1. The van der Waals surface area contributed by atoms with Crippen LogP contribution in [0.15, 0.2) is 60.9 Å². The van der Waals surface area contributed by atoms with E-state index in [0.717, 1.165) is 72.8 Å². The molecule has 0 bridgehead atoms. The van der Waals surface area contributed by atoms with Crippen molar-refractivity contribution in [2.24, 2.45) is 0 Å². The largest absolute Gasteiger partial charge is 0.377 e. The van der Waals surface area contributed by atoms with Gasteiger partial charge in [-0.15, -0.1) is 0 Å². The van der Waals surface area contributed by atoms with Crippen molar-refractivity contribution in [2.45, 2.75) is 19.9 Å². The fourth-order valence-electron chi connectivity index (χ4n) is 5.09. The van der Waals surface area contributed by atoms with Gasteiger partial charge in [0.25, 0.3) is 0 Å². The van der Waals surface area contributed by atoms with Crippen LogP contribution in [0, 0.1) is 0 Å². The number of ether oxygens (including phenoxy) is 1. The van der Waals surface area contributed by atoms with Crippen LogP contribution in [0.25, 0.3) is 28.1 Å². The maximum atomic E-state index is 12.7. The predicted molar refractivity (Wildman–Crippen MR) is 159 cm³/mol. The number of benzene rings is 2. The van der Waals surface area contributed by atoms with E-state index in [1.54, 1.807) is 0 Å². The first-order valence-corrected chi connectivity index (χ1v) is 13.8. The zero-order valence-corrected chi connectivity index (χ0v) is 22.9. The Kier molecular flexibility index (Phi) is 7.43. The number of nitrogens with one attached hydrogen (secondary N) is 2. The summed E-state index contributed by atoms with van der Waals surface area (Å²) in [4.78, 5) is 31.8. The summed E-state index contributed by atoms with van der Waals surface area (Å²) in [5.41, 5.74) is 7.08. The monoisotopic (exact) mass is 538 g/mol. The molecule has 2 amide bonds. The summed E-state index contributed by atoms with van der Waals surface area (Å²) in [5, 5.41) is 5.83. The fourth-order valence-corrected chi connectivity index (χ4v) is 5.09. The number of amides is 2. The number of aryl methyl sites for hydroxylation is 1. The molecular formula is C30H34N8O2. The molecule has 1 fully saturated rings. The molecule has 0 spiro atoms. The number of imidazole rings is 1. The van der Waals surface area contributed by atoms with Crippen LogP contribution < -0.4 is 15.5 Å². The van der Waals surface area contributed by atoms with Gasteiger partial charge in [0.2, 0.25) is 0 Å². The molecule has 1 saturated heterocycles. The summed E-state index contributed by atoms with van der Waals surface area (Å²) in [6, 6.07) is 15.3. The number of hydrogen-bond acceptors (Lipinski definition) is 7. The highest BCUT2D eigenvalue weighted by Gasteiger charge is 2.19. The van der Waals surface area contributed by atoms with Gasteiger partial charge in [-0.05, 0) is 74.5 Å². The third kappa shape index (κ3) is 5.54. The van der Waals surface area contributed by atoms with Crippen LogP contribution in [0.4, 0.5) is 21.9 Å². The molecule has 2 aromatic carbocycles. The summed E-state index contributed by atoms with van der Waals surface area (Å²) in [6.07, 6.45) is 4.69. The third-order valence-corrected chi connectivity index (χ3v) is 7.47. The Morgan fingerprint density at radius 3 is 2.30 bits per heavy atom. The van der Waals surface area contributed by atoms with Gasteiger partial charge in [0.15, 0.2) is 11.5 Å². The lowest BCUT2D eigenvalue weighted by Crippen LogP contribution is -2.44. The zero-order valence-electron chi connectivity index (χ0n) is 22.9. The van der Waals surface area contributed by atoms with Crippen molar-refractivity contribution in [3.8, 4) is 11.4 Å². The average Bonchev–Trinajstić information content (AvgIpc) is 3.41. The lowest BCUT2D eigenvalue weighted by atomic mass is 10.1. The van der Waals surface area contributed by atoms with Crippen molar-refractivity contribution >= 4 is 39.8 Å². The molecule has 2 aliphatic rings. The molecule has 2 N–H and O–H groups in total. The second kappa shape index (κ2) is 11.4. The van der Waals surface area contributed by atoms with Crippen LogP contribution in [0.2, 0.25) is 0 Å². The molecular weight excluding hydrogens is 504 g/mol. The summed E-state index contributed by atoms with van der Waals surface area (Å²) >= 11 is 0. The highest BCUT2D eigenvalue weighted by Crippen LogP contribution is 2.29. The minimum Gasteiger partial charge on any atom is -0.377 e. The minimum atomic E-state index is -0.293. The molecule has 4 aromatic rings. The molecule has 0 saturated carbocycles. The number of anilines is 3. The van der Waals surface area contributed by atoms with E-state index in [2.05, 4.69) is 57.6 Å². The molecule has 10 heteroatoms. The molecule has 2 aliphatic heterocycles. The SMILES string of the molecule is CCn1cnc2c(C3=CCOCC3)nc(-c3ccc(NC(=O)Nc4ccc(N5CCN(C)CC5)cc4)cc3)nc21. The van der Waals surface area contributed by atoms with Gasteiger partial charge in [-0.25, -0.2) is 19.7 Å². The Bertz CT molecular complexity index is 1520. The molecule has 0 unspecified atom stereocenters. The van der Waals surface area contributed by atoms with E-state index in [0.29, 0.717) is 24.7 Å². The van der Waals surface area contributed by atoms with Crippen LogP contribution in [0.5, 0.6) is 0 Å². The molecule has 2 aromatic heterocycles. The Labute approximate surface area is 233 Å². The number of carbonyl (C=O) groups is 1. The third-order valence-electron chi connectivity index (χ3n) is 7.47. The summed E-state index contributed by atoms with van der Waals surface area (Å²) in [5.74, 6) is 0.626. The van der Waals surface area contributed by atoms with E-state index in [-0.39, 0.29) is 6.03 Å². The molecule has 0 radical (unpaired) electrons. The molecule has 206 valence electrons. The molecule has 40 heavy (non-hydrogen) atoms. The number of rotatable bonds is 6. The van der Waals surface area contributed by atoms with Gasteiger partial charge in [-0.3, -0.25) is 0 Å². The van der Waals surface area contributed by atoms with Crippen molar-refractivity contribution in [3.05, 3.63) is 66.6 Å². The van der Waals surface area contributed by atoms with E-state index in [4.69, 9.17) is 14.7 Å². The number of aromatic nitrogens is 4. The number of hydrogen-bond donors (Lipinski definition) is 2. The van der Waals surface area contributed by atoms with Crippen molar-refractivity contribution in [2.75, 3.05) is 62.0 Å². The minimum absolute atomic E-state index is 0.293. The van der Waals surface area contributed by atoms with E-state index >= 15 is 0 Å². The van der Waals surface area contributed by atoms with Crippen molar-refractivity contribution in [3.63, 3.8) is 0 Å². The van der Waals surface area contributed by atoms with Gasteiger partial charge in [-0.1, -0.05) is 6.08 Å². The van der Waals surface area contributed by atoms with Crippen molar-refractivity contribution in [1.29, 1.82) is 0 Å². The molecule has 0 aliphatic carbocycles. The fraction of sp³-hybridized carbons (Fsp3) is 0.333. The Hall–Kier alpha value is -4.28. The normalized spacial score (nSPS) is 16.1. The predicted octanol–water partition coefficient (Wildman–Crippen LogP) is 4.71. The highest BCUT2D eigenvalue weighted by atomic mass is 16.5. The number of piperazine rings is 1. The standard InChI is InChI=1S/C30H34N8O2/c1-3-37-20-31-27-26(21-12-18-40-19-13-21)34-28(35-29(27)37)22-4-6-23(7-5-22)32-30(39)33-24-8-10-25(11-9-24)38-16-14-36(2)15-17-38/h4-12,20H,3,13-19H2,1-2H3,(H2,32,33,39). The van der Waals surface area contributed by atoms with E-state index in [1.807, 2.05) is 47.3 Å². The smallest absolute Gasteiger partial charge is 0.323 e. The van der Waals surface area contributed by atoms with Gasteiger partial charge >= 0.3 is 6.03 Å². The van der Waals surface area contributed by atoms with Gasteiger partial charge < -0.3 is 29.7 Å². The number of urea groups is 1. The summed E-state index contributed by atoms with van der Waals surface area (Å²) in [7, 11) is 2.15. The Balaban J connectivity index is 1.15. The van der Waals surface area contributed by atoms with Crippen LogP contribution in [-0.4, -0.2) is 76.9 Å². The first-order chi connectivity index (χ1) is 19.6. The van der Waals surface area contributed by atoms with Gasteiger partial charge in [-0.2, -0.15) is 0 Å². The Morgan fingerprint density at radius 2 is 1.65 bits per heavy atom. The average molecular weight is 539 g/mol. The molecule has 10 nitrogen and oxygen atoms in total. The van der Waals surface area contributed by atoms with Crippen molar-refractivity contribution < 1.29 is 9.53 Å². The second-order valence-corrected chi connectivity index (χ2v) is 10.1. The first kappa shape index (κ1) is 26.0. The van der Waals surface area contributed by atoms with Crippen LogP contribution in [0.3, 0.4) is 0 Å². The quantitative estimate of drug-likeness (QED) is 0.367. The lowest BCUT2D eigenvalue weighted by molar-refractivity contribution is 0.161. The van der Waals surface area contributed by atoms with E-state index in [1.165, 1.54) is 5.69 Å². The highest BCUT2D eigenvalue weighted by molar-refractivity contribution is 6.00. The maximum Gasteiger partial charge on any atom is 0.323 e. The lowest BCUT2D eigenvalue weighted by Gasteiger charge is -2.34. The topological polar surface area (TPSA) is 100 Å². The van der Waals surface area contributed by atoms with Gasteiger partial charge in [0, 0.05) is 55.3 Å². The summed E-state index contributed by atoms with van der Waals surface area (Å²) < 4.78 is 7.53. The number of nitrogens with zero attached hydrogens (tertiary/aromatic N) is 6. The van der Waals surface area contributed by atoms with Crippen molar-refractivity contribution in [1.82, 2.24) is 24.4 Å². The van der Waals surface area contributed by atoms with Crippen LogP contribution in [-0.2, 0) is 11.3 Å². The van der Waals surface area contributed by atoms with E-state index < -0.39 is 0 Å². The number of likely N-dealkylation sites (N-methyl/N-ethyl adjacent to an activating group) is 1. The first-order valence-electron chi connectivity index (χ1n) is 13.8. The number of fused-ring (bicyclic) bond motifs is 1. The second-order valence-electron chi connectivity index (χ2n) is 10.1. The Morgan fingerprint density at radius 1 is 0.950 bits per heavy atom. The van der Waals surface area contributed by atoms with Gasteiger partial charge in [0.05, 0.1) is 25.2 Å². The summed E-state index contributed by atoms with van der Waals surface area (Å²) in [6.45, 7) is 8.22. The molecule has 6 rings (SSSR count). The zero-order chi connectivity index (χ0) is 27.5. The maximum absolute atomic E-state index is 12.7. The van der Waals surface area contributed by atoms with Crippen LogP contribution >= 0.6 is 0 Å². The van der Waals surface area contributed by atoms with Gasteiger partial charge in [0.1, 0.15) is 5.52 Å². The molecule has 0 atom stereocenters. The molecule has 4 heterocycles. The van der Waals surface area contributed by atoms with Crippen LogP contribution in [0.1, 0.15) is 19.0 Å². The van der Waals surface area contributed by atoms with E-state index in [9.17, 15) is 4.79 Å².